The van der Waals surface area contributed by atoms with Crippen LogP contribution in [0.1, 0.15) is 61.9 Å². The summed E-state index contributed by atoms with van der Waals surface area (Å²) in [5.74, 6) is -7.73. The zero-order valence-corrected chi connectivity index (χ0v) is 28.5. The van der Waals surface area contributed by atoms with Gasteiger partial charge in [-0.25, -0.2) is 0 Å². The van der Waals surface area contributed by atoms with Crippen molar-refractivity contribution in [1.82, 2.24) is 9.80 Å². The molecule has 4 atom stereocenters. The number of hydrogen-bond donors (Lipinski definition) is 6. The van der Waals surface area contributed by atoms with Gasteiger partial charge in [0.2, 0.25) is 11.7 Å². The molecule has 0 unspecified atom stereocenters. The van der Waals surface area contributed by atoms with Crippen LogP contribution in [0.5, 0.6) is 5.75 Å². The van der Waals surface area contributed by atoms with E-state index in [9.17, 15) is 39.6 Å². The van der Waals surface area contributed by atoms with Gasteiger partial charge in [-0.2, -0.15) is 0 Å². The lowest BCUT2D eigenvalue weighted by molar-refractivity contribution is -0.148. The Kier molecular flexibility index (Phi) is 8.20. The third-order valence-electron chi connectivity index (χ3n) is 11.5. The number of aliphatic hydroxyl groups is 3. The summed E-state index contributed by atoms with van der Waals surface area (Å²) >= 11 is 0. The Morgan fingerprint density at radius 1 is 1.04 bits per heavy atom. The predicted molar refractivity (Wildman–Crippen MR) is 178 cm³/mol. The zero-order chi connectivity index (χ0) is 35.2. The number of nitrogens with one attached hydrogen (secondary N) is 1. The normalized spacial score (nSPS) is 29.3. The van der Waals surface area contributed by atoms with Crippen LogP contribution in [0, 0.1) is 23.2 Å². The Hall–Kier alpha value is -3.94. The van der Waals surface area contributed by atoms with E-state index in [0.29, 0.717) is 35.8 Å². The first-order chi connectivity index (χ1) is 22.4. The van der Waals surface area contributed by atoms with Gasteiger partial charge in [-0.3, -0.25) is 29.0 Å². The highest BCUT2D eigenvalue weighted by atomic mass is 16.3. The van der Waals surface area contributed by atoms with Crippen molar-refractivity contribution in [3.63, 3.8) is 0 Å². The van der Waals surface area contributed by atoms with Gasteiger partial charge in [0.25, 0.3) is 5.91 Å². The molecule has 2 fully saturated rings. The summed E-state index contributed by atoms with van der Waals surface area (Å²) in [6.07, 6.45) is 4.65. The lowest BCUT2D eigenvalue weighted by Gasteiger charge is -2.50. The molecule has 1 saturated carbocycles. The van der Waals surface area contributed by atoms with Crippen molar-refractivity contribution in [1.29, 1.82) is 0 Å². The molecule has 13 nitrogen and oxygen atoms in total. The fraction of sp³-hybridized carbons (Fsp3) is 0.600. The number of likely N-dealkylation sites (tertiary alicyclic amines) is 1. The number of allylic oxidation sites excluding steroid dienone is 1. The Balaban J connectivity index is 1.33. The highest BCUT2D eigenvalue weighted by Gasteiger charge is 2.63. The average Bonchev–Trinajstić information content (AvgIpc) is 2.95. The maximum Gasteiger partial charge on any atom is 0.255 e. The number of nitrogens with zero attached hydrogens (tertiary/aromatic N) is 3. The Labute approximate surface area is 280 Å². The molecule has 7 N–H and O–H groups in total. The molecular weight excluding hydrogens is 618 g/mol. The van der Waals surface area contributed by atoms with E-state index >= 15 is 0 Å². The number of amides is 2. The molecule has 13 heteroatoms. The van der Waals surface area contributed by atoms with Crippen molar-refractivity contribution in [2.24, 2.45) is 28.9 Å². The molecule has 1 saturated heterocycles. The van der Waals surface area contributed by atoms with Gasteiger partial charge >= 0.3 is 0 Å². The molecule has 4 aliphatic carbocycles. The molecule has 0 aromatic heterocycles. The van der Waals surface area contributed by atoms with E-state index in [1.54, 1.807) is 39.2 Å². The van der Waals surface area contributed by atoms with Crippen LogP contribution in [0.3, 0.4) is 0 Å². The fourth-order valence-corrected chi connectivity index (χ4v) is 8.75. The van der Waals surface area contributed by atoms with Crippen LogP contribution in [-0.2, 0) is 20.8 Å². The summed E-state index contributed by atoms with van der Waals surface area (Å²) in [6.45, 7) is 5.81. The van der Waals surface area contributed by atoms with Gasteiger partial charge in [0.15, 0.2) is 17.1 Å². The number of aliphatic hydroxyl groups excluding tert-OH is 2. The second-order valence-corrected chi connectivity index (χ2v) is 15.5. The maximum atomic E-state index is 14.3. The van der Waals surface area contributed by atoms with Crippen molar-refractivity contribution in [3.8, 4) is 5.75 Å². The van der Waals surface area contributed by atoms with Gasteiger partial charge in [-0.1, -0.05) is 13.8 Å². The van der Waals surface area contributed by atoms with E-state index in [2.05, 4.69) is 24.1 Å². The summed E-state index contributed by atoms with van der Waals surface area (Å²) in [4.78, 5) is 59.1. The molecule has 48 heavy (non-hydrogen) atoms. The summed E-state index contributed by atoms with van der Waals surface area (Å²) in [5.41, 5.74) is 2.92. The SMILES string of the molecule is CN(C)c1cc(NC(=O)C2CN(C3CCC(C)(C)CC3)C2)c(O)c2c1C[C@H]1C[C@H]3[C@H](N(C)C)C(O)=C(C(N)=O)C(=O)[C@@]3(O)C(O)=C1C2=O. The Morgan fingerprint density at radius 2 is 1.67 bits per heavy atom. The monoisotopic (exact) mass is 665 g/mol. The minimum absolute atomic E-state index is 0.00541. The molecule has 0 bridgehead atoms. The lowest BCUT2D eigenvalue weighted by Crippen LogP contribution is -2.63. The number of fused-ring (bicyclic) bond motifs is 3. The van der Waals surface area contributed by atoms with Crippen LogP contribution in [0.4, 0.5) is 11.4 Å². The first kappa shape index (κ1) is 33.9. The molecule has 0 radical (unpaired) electrons. The van der Waals surface area contributed by atoms with Crippen molar-refractivity contribution < 1.29 is 39.6 Å². The van der Waals surface area contributed by atoms with E-state index in [1.807, 2.05) is 0 Å². The van der Waals surface area contributed by atoms with E-state index in [-0.39, 0.29) is 41.5 Å². The van der Waals surface area contributed by atoms with Crippen molar-refractivity contribution in [2.75, 3.05) is 51.5 Å². The molecule has 1 heterocycles. The summed E-state index contributed by atoms with van der Waals surface area (Å²) in [5, 5.41) is 48.8. The lowest BCUT2D eigenvalue weighted by atomic mass is 9.58. The number of likely N-dealkylation sites (N-methyl/N-ethyl adjacent to an activating group) is 1. The van der Waals surface area contributed by atoms with Crippen LogP contribution in [0.25, 0.3) is 0 Å². The molecule has 2 amide bonds. The van der Waals surface area contributed by atoms with Crippen LogP contribution < -0.4 is 16.0 Å². The Bertz CT molecular complexity index is 1660. The molecule has 5 aliphatic rings. The number of carbonyl (C=O) groups is 4. The zero-order valence-electron chi connectivity index (χ0n) is 28.5. The number of aromatic hydroxyl groups is 1. The number of phenols is 1. The average molecular weight is 666 g/mol. The number of Topliss-reactive ketones (excluding diaryl/α,β-unsaturated/α-hetero) is 2. The number of anilines is 2. The number of phenolic OH excluding ortho intramolecular Hbond substituents is 1. The van der Waals surface area contributed by atoms with Crippen LogP contribution in [-0.4, -0.2) is 113 Å². The number of primary amides is 1. The van der Waals surface area contributed by atoms with Gasteiger partial charge in [-0.15, -0.1) is 0 Å². The first-order valence-corrected chi connectivity index (χ1v) is 16.6. The van der Waals surface area contributed by atoms with E-state index in [1.165, 1.54) is 4.90 Å². The van der Waals surface area contributed by atoms with Crippen LogP contribution in [0.2, 0.25) is 0 Å². The van der Waals surface area contributed by atoms with Gasteiger partial charge < -0.3 is 36.4 Å². The number of benzene rings is 1. The minimum atomic E-state index is -2.72. The second kappa shape index (κ2) is 11.6. The van der Waals surface area contributed by atoms with Crippen molar-refractivity contribution in [3.05, 3.63) is 39.9 Å². The molecule has 260 valence electrons. The smallest absolute Gasteiger partial charge is 0.255 e. The summed E-state index contributed by atoms with van der Waals surface area (Å²) in [7, 11) is 6.72. The second-order valence-electron chi connectivity index (χ2n) is 15.5. The number of ketones is 2. The molecule has 1 aromatic carbocycles. The topological polar surface area (TPSA) is 197 Å². The fourth-order valence-electron chi connectivity index (χ4n) is 8.75. The molecule has 1 aromatic rings. The van der Waals surface area contributed by atoms with Crippen LogP contribution >= 0.6 is 0 Å². The number of nitrogens with two attached hydrogens (primary N) is 1. The Morgan fingerprint density at radius 3 is 2.23 bits per heavy atom. The number of rotatable bonds is 6. The third-order valence-corrected chi connectivity index (χ3v) is 11.5. The van der Waals surface area contributed by atoms with Gasteiger partial charge in [0.1, 0.15) is 17.1 Å². The van der Waals surface area contributed by atoms with Gasteiger partial charge in [0.05, 0.1) is 23.2 Å². The molecule has 0 spiro atoms. The van der Waals surface area contributed by atoms with E-state index < -0.39 is 63.8 Å². The van der Waals surface area contributed by atoms with E-state index in [4.69, 9.17) is 5.73 Å². The first-order valence-electron chi connectivity index (χ1n) is 16.6. The number of hydrogen-bond acceptors (Lipinski definition) is 11. The quantitative estimate of drug-likeness (QED) is 0.192. The molecule has 6 rings (SSSR count). The van der Waals surface area contributed by atoms with Crippen molar-refractivity contribution >= 4 is 34.8 Å². The summed E-state index contributed by atoms with van der Waals surface area (Å²) in [6, 6.07) is 1.02. The third kappa shape index (κ3) is 5.09. The van der Waals surface area contributed by atoms with Crippen molar-refractivity contribution in [2.45, 2.75) is 70.1 Å². The highest BCUT2D eigenvalue weighted by molar-refractivity contribution is 6.25. The van der Waals surface area contributed by atoms with Gasteiger partial charge in [-0.05, 0) is 75.6 Å². The number of carbonyl (C=O) groups excluding carboxylic acids is 4. The predicted octanol–water partition coefficient (Wildman–Crippen LogP) is 2.03. The standard InChI is InChI=1S/C35H47N5O8/c1-34(2)9-7-18(8-10-34)40-14-17(15-40)33(47)37-21-13-22(38(3)4)19-11-16-12-20-26(39(5)6)29(43)25(32(36)46)31(45)35(20,48)30(44)23(16)28(42)24(19)27(21)41/h13,16-18,20,26,41,43-44,48H,7-12,14-15H2,1-6H3,(H2,36,46)(H,37,47)/t16-,20-,26-,35-/m0/s1. The summed E-state index contributed by atoms with van der Waals surface area (Å²) < 4.78 is 0. The van der Waals surface area contributed by atoms with Crippen LogP contribution in [0.15, 0.2) is 28.7 Å². The maximum absolute atomic E-state index is 14.3. The molecule has 1 aliphatic heterocycles. The minimum Gasteiger partial charge on any atom is -0.510 e. The molecular formula is C35H47N5O8. The van der Waals surface area contributed by atoms with E-state index in [0.717, 1.165) is 25.7 Å². The largest absolute Gasteiger partial charge is 0.510 e. The van der Waals surface area contributed by atoms with Gasteiger partial charge in [0, 0.05) is 50.4 Å². The highest BCUT2D eigenvalue weighted by Crippen LogP contribution is 2.54.